The largest absolute Gasteiger partial charge is 0.494 e. The van der Waals surface area contributed by atoms with Gasteiger partial charge in [0, 0.05) is 11.8 Å². The van der Waals surface area contributed by atoms with Crippen molar-refractivity contribution in [3.8, 4) is 5.75 Å². The Morgan fingerprint density at radius 2 is 2.45 bits per heavy atom. The van der Waals surface area contributed by atoms with Gasteiger partial charge in [-0.3, -0.25) is 0 Å². The smallest absolute Gasteiger partial charge is 0.156 e. The lowest BCUT2D eigenvalue weighted by atomic mass is 10.3. The first kappa shape index (κ1) is 8.73. The lowest BCUT2D eigenvalue weighted by molar-refractivity contribution is 0.273. The number of aromatic nitrogens is 1. The first-order chi connectivity index (χ1) is 5.29. The third-order valence-corrected chi connectivity index (χ3v) is 2.09. The van der Waals surface area contributed by atoms with E-state index in [1.807, 2.05) is 0 Å². The lowest BCUT2D eigenvalue weighted by Crippen LogP contribution is -1.95. The van der Waals surface area contributed by atoms with Crippen LogP contribution in [0.3, 0.4) is 0 Å². The maximum atomic E-state index is 8.86. The predicted octanol–water partition coefficient (Wildman–Crippen LogP) is 1.19. The van der Waals surface area contributed by atoms with Gasteiger partial charge in [0.2, 0.25) is 0 Å². The summed E-state index contributed by atoms with van der Waals surface area (Å²) in [7, 11) is 1.57. The number of rotatable bonds is 2. The van der Waals surface area contributed by atoms with Crippen LogP contribution in [-0.4, -0.2) is 17.2 Å². The molecule has 0 unspecified atom stereocenters. The predicted molar refractivity (Wildman–Crippen MR) is 49.4 cm³/mol. The van der Waals surface area contributed by atoms with Crippen LogP contribution in [0.25, 0.3) is 0 Å². The molecule has 0 radical (unpaired) electrons. The number of methoxy groups -OCH3 is 1. The number of pyridine rings is 1. The van der Waals surface area contributed by atoms with Crippen molar-refractivity contribution in [2.75, 3.05) is 7.11 Å². The van der Waals surface area contributed by atoms with Gasteiger partial charge in [0.05, 0.1) is 13.7 Å². The Kier molecular flexibility index (Phi) is 3.07. The fraction of sp³-hybridized carbons (Fsp3) is 0.286. The number of aliphatic hydroxyl groups is 1. The highest BCUT2D eigenvalue weighted by Crippen LogP contribution is 2.22. The van der Waals surface area contributed by atoms with Gasteiger partial charge < -0.3 is 9.84 Å². The Hall–Kier alpha value is -0.360. The third kappa shape index (κ3) is 1.81. The Balaban J connectivity index is 3.13. The lowest BCUT2D eigenvalue weighted by Gasteiger charge is -2.05. The van der Waals surface area contributed by atoms with Gasteiger partial charge in [0.1, 0.15) is 3.70 Å². The van der Waals surface area contributed by atoms with E-state index in [1.165, 1.54) is 0 Å². The number of hydrogen-bond acceptors (Lipinski definition) is 3. The number of aliphatic hydroxyl groups excluding tert-OH is 1. The van der Waals surface area contributed by atoms with Crippen molar-refractivity contribution >= 4 is 22.6 Å². The van der Waals surface area contributed by atoms with E-state index >= 15 is 0 Å². The summed E-state index contributed by atoms with van der Waals surface area (Å²) in [6, 6.07) is 1.74. The summed E-state index contributed by atoms with van der Waals surface area (Å²) in [5.41, 5.74) is 0.770. The quantitative estimate of drug-likeness (QED) is 0.645. The molecule has 11 heavy (non-hydrogen) atoms. The SMILES string of the molecule is COc1c(CO)ccnc1I. The van der Waals surface area contributed by atoms with Gasteiger partial charge in [0.25, 0.3) is 0 Å². The van der Waals surface area contributed by atoms with Gasteiger partial charge in [-0.05, 0) is 28.7 Å². The van der Waals surface area contributed by atoms with Crippen LogP contribution in [0.5, 0.6) is 5.75 Å². The molecular formula is C7H8INO2. The average molecular weight is 265 g/mol. The normalized spacial score (nSPS) is 9.73. The molecular weight excluding hydrogens is 257 g/mol. The molecule has 0 aliphatic rings. The van der Waals surface area contributed by atoms with E-state index in [0.29, 0.717) is 5.75 Å². The molecule has 3 nitrogen and oxygen atoms in total. The summed E-state index contributed by atoms with van der Waals surface area (Å²) >= 11 is 2.06. The van der Waals surface area contributed by atoms with Crippen molar-refractivity contribution in [3.63, 3.8) is 0 Å². The van der Waals surface area contributed by atoms with Crippen LogP contribution in [0.1, 0.15) is 5.56 Å². The Labute approximate surface area is 78.6 Å². The fourth-order valence-electron chi connectivity index (χ4n) is 0.799. The summed E-state index contributed by atoms with van der Waals surface area (Å²) < 4.78 is 5.81. The van der Waals surface area contributed by atoms with Crippen LogP contribution in [0.15, 0.2) is 12.3 Å². The average Bonchev–Trinajstić information content (AvgIpc) is 2.04. The molecule has 0 aliphatic heterocycles. The highest BCUT2D eigenvalue weighted by Gasteiger charge is 2.05. The molecule has 0 fully saturated rings. The van der Waals surface area contributed by atoms with Crippen LogP contribution in [0.4, 0.5) is 0 Å². The highest BCUT2D eigenvalue weighted by molar-refractivity contribution is 14.1. The maximum Gasteiger partial charge on any atom is 0.156 e. The molecule has 1 N–H and O–H groups in total. The van der Waals surface area contributed by atoms with Crippen molar-refractivity contribution in [2.24, 2.45) is 0 Å². The van der Waals surface area contributed by atoms with Crippen LogP contribution in [-0.2, 0) is 6.61 Å². The molecule has 1 heterocycles. The van der Waals surface area contributed by atoms with Gasteiger partial charge in [-0.1, -0.05) is 0 Å². The molecule has 0 aromatic carbocycles. The minimum absolute atomic E-state index is 0.0122. The molecule has 0 bridgehead atoms. The molecule has 0 aliphatic carbocycles. The highest BCUT2D eigenvalue weighted by atomic mass is 127. The summed E-state index contributed by atoms with van der Waals surface area (Å²) in [6.45, 7) is -0.0122. The molecule has 1 aromatic heterocycles. The minimum Gasteiger partial charge on any atom is -0.494 e. The molecule has 0 saturated carbocycles. The summed E-state index contributed by atoms with van der Waals surface area (Å²) in [6.07, 6.45) is 1.65. The third-order valence-electron chi connectivity index (χ3n) is 1.32. The van der Waals surface area contributed by atoms with Crippen molar-refractivity contribution in [1.29, 1.82) is 0 Å². The van der Waals surface area contributed by atoms with E-state index in [4.69, 9.17) is 9.84 Å². The molecule has 0 saturated heterocycles. The van der Waals surface area contributed by atoms with E-state index in [1.54, 1.807) is 19.4 Å². The van der Waals surface area contributed by atoms with Crippen LogP contribution < -0.4 is 4.74 Å². The first-order valence-electron chi connectivity index (χ1n) is 3.07. The monoisotopic (exact) mass is 265 g/mol. The number of hydrogen-bond donors (Lipinski definition) is 1. The molecule has 1 aromatic rings. The van der Waals surface area contributed by atoms with Gasteiger partial charge >= 0.3 is 0 Å². The second kappa shape index (κ2) is 3.87. The first-order valence-corrected chi connectivity index (χ1v) is 4.15. The molecule has 4 heteroatoms. The topological polar surface area (TPSA) is 42.4 Å². The zero-order chi connectivity index (χ0) is 8.27. The second-order valence-electron chi connectivity index (χ2n) is 1.95. The van der Waals surface area contributed by atoms with Gasteiger partial charge in [0.15, 0.2) is 5.75 Å². The van der Waals surface area contributed by atoms with Gasteiger partial charge in [-0.25, -0.2) is 4.98 Å². The zero-order valence-corrected chi connectivity index (χ0v) is 8.20. The number of halogens is 1. The van der Waals surface area contributed by atoms with Crippen LogP contribution >= 0.6 is 22.6 Å². The summed E-state index contributed by atoms with van der Waals surface area (Å²) in [4.78, 5) is 4.01. The minimum atomic E-state index is -0.0122. The van der Waals surface area contributed by atoms with Crippen molar-refractivity contribution in [1.82, 2.24) is 4.98 Å². The molecule has 0 spiro atoms. The Morgan fingerprint density at radius 3 is 2.91 bits per heavy atom. The molecule has 60 valence electrons. The van der Waals surface area contributed by atoms with Crippen molar-refractivity contribution in [3.05, 3.63) is 21.5 Å². The molecule has 1 rings (SSSR count). The van der Waals surface area contributed by atoms with Crippen LogP contribution in [0, 0.1) is 3.70 Å². The van der Waals surface area contributed by atoms with Crippen molar-refractivity contribution < 1.29 is 9.84 Å². The van der Waals surface area contributed by atoms with Gasteiger partial charge in [-0.2, -0.15) is 0 Å². The number of ether oxygens (including phenoxy) is 1. The van der Waals surface area contributed by atoms with Gasteiger partial charge in [-0.15, -0.1) is 0 Å². The Bertz CT molecular complexity index is 252. The molecule has 0 amide bonds. The Morgan fingerprint density at radius 1 is 1.73 bits per heavy atom. The standard InChI is InChI=1S/C7H8INO2/c1-11-6-5(4-10)2-3-9-7(6)8/h2-3,10H,4H2,1H3. The van der Waals surface area contributed by atoms with Crippen LogP contribution in [0.2, 0.25) is 0 Å². The van der Waals surface area contributed by atoms with E-state index in [0.717, 1.165) is 9.26 Å². The van der Waals surface area contributed by atoms with Crippen molar-refractivity contribution in [2.45, 2.75) is 6.61 Å². The fourth-order valence-corrected chi connectivity index (χ4v) is 1.53. The zero-order valence-electron chi connectivity index (χ0n) is 6.04. The second-order valence-corrected chi connectivity index (χ2v) is 2.97. The summed E-state index contributed by atoms with van der Waals surface area (Å²) in [5.74, 6) is 0.663. The molecule has 0 atom stereocenters. The summed E-state index contributed by atoms with van der Waals surface area (Å²) in [5, 5.41) is 8.86. The maximum absolute atomic E-state index is 8.86. The van der Waals surface area contributed by atoms with E-state index in [9.17, 15) is 0 Å². The van der Waals surface area contributed by atoms with E-state index in [-0.39, 0.29) is 6.61 Å². The van der Waals surface area contributed by atoms with E-state index < -0.39 is 0 Å². The van der Waals surface area contributed by atoms with E-state index in [2.05, 4.69) is 27.6 Å². The number of nitrogens with zero attached hydrogens (tertiary/aromatic N) is 1.